The van der Waals surface area contributed by atoms with E-state index in [2.05, 4.69) is 47.6 Å². The average molecular weight is 591 g/mol. The number of hydrogen-bond acceptors (Lipinski definition) is 5. The zero-order chi connectivity index (χ0) is 30.2. The van der Waals surface area contributed by atoms with E-state index in [1.807, 2.05) is 0 Å². The molecule has 4 rings (SSSR count). The molecule has 0 aromatic heterocycles. The number of aliphatic hydroxyl groups is 1. The highest BCUT2D eigenvalue weighted by Crippen LogP contribution is 2.67. The molecule has 42 heavy (non-hydrogen) atoms. The van der Waals surface area contributed by atoms with Crippen molar-refractivity contribution in [1.82, 2.24) is 0 Å². The SMILES string of the molecule is CC[C@H](CC[C@@H](C)[C@H]1CC[C@H]2[C@@H]3CC=C4C[C@@H](OCCOCCOCCOCCO)CC[C@]4(C)[C@H]3CC[C@]12C)C(C)C. The van der Waals surface area contributed by atoms with E-state index in [4.69, 9.17) is 24.1 Å². The molecule has 0 spiro atoms. The number of allylic oxidation sites excluding steroid dienone is 1. The van der Waals surface area contributed by atoms with Gasteiger partial charge in [0.25, 0.3) is 0 Å². The lowest BCUT2D eigenvalue weighted by molar-refractivity contribution is -0.0693. The summed E-state index contributed by atoms with van der Waals surface area (Å²) in [4.78, 5) is 0. The van der Waals surface area contributed by atoms with E-state index in [0.29, 0.717) is 63.2 Å². The van der Waals surface area contributed by atoms with Crippen molar-refractivity contribution in [1.29, 1.82) is 0 Å². The monoisotopic (exact) mass is 590 g/mol. The van der Waals surface area contributed by atoms with Crippen molar-refractivity contribution in [2.75, 3.05) is 52.9 Å². The Kier molecular flexibility index (Phi) is 13.3. The van der Waals surface area contributed by atoms with Crippen LogP contribution >= 0.6 is 0 Å². The van der Waals surface area contributed by atoms with Gasteiger partial charge in [0.1, 0.15) is 0 Å². The zero-order valence-corrected chi connectivity index (χ0v) is 28.2. The summed E-state index contributed by atoms with van der Waals surface area (Å²) in [6.45, 7) is 19.1. The molecule has 5 heteroatoms. The van der Waals surface area contributed by atoms with Crippen LogP contribution in [-0.2, 0) is 18.9 Å². The summed E-state index contributed by atoms with van der Waals surface area (Å²) in [7, 11) is 0. The predicted octanol–water partition coefficient (Wildman–Crippen LogP) is 8.09. The summed E-state index contributed by atoms with van der Waals surface area (Å²) >= 11 is 0. The van der Waals surface area contributed by atoms with E-state index >= 15 is 0 Å². The van der Waals surface area contributed by atoms with Crippen molar-refractivity contribution in [3.8, 4) is 0 Å². The van der Waals surface area contributed by atoms with Gasteiger partial charge in [-0.2, -0.15) is 0 Å². The molecule has 9 atom stereocenters. The second-order valence-electron chi connectivity index (χ2n) is 15.3. The summed E-state index contributed by atoms with van der Waals surface area (Å²) < 4.78 is 22.7. The van der Waals surface area contributed by atoms with Crippen LogP contribution in [-0.4, -0.2) is 64.1 Å². The van der Waals surface area contributed by atoms with Gasteiger partial charge in [-0.05, 0) is 110 Å². The van der Waals surface area contributed by atoms with Crippen LogP contribution in [0.3, 0.4) is 0 Å². The van der Waals surface area contributed by atoms with Gasteiger partial charge in [0.15, 0.2) is 0 Å². The van der Waals surface area contributed by atoms with Crippen molar-refractivity contribution >= 4 is 0 Å². The molecule has 0 amide bonds. The lowest BCUT2D eigenvalue weighted by Gasteiger charge is -2.58. The van der Waals surface area contributed by atoms with Gasteiger partial charge >= 0.3 is 0 Å². The fourth-order valence-corrected chi connectivity index (χ4v) is 10.3. The summed E-state index contributed by atoms with van der Waals surface area (Å²) in [6.07, 6.45) is 18.0. The summed E-state index contributed by atoms with van der Waals surface area (Å²) in [6, 6.07) is 0. The van der Waals surface area contributed by atoms with E-state index < -0.39 is 0 Å². The first-order valence-electron chi connectivity index (χ1n) is 17.9. The molecule has 3 saturated carbocycles. The minimum absolute atomic E-state index is 0.0555. The largest absolute Gasteiger partial charge is 0.394 e. The smallest absolute Gasteiger partial charge is 0.0704 e. The lowest BCUT2D eigenvalue weighted by atomic mass is 9.47. The molecule has 1 N–H and O–H groups in total. The fraction of sp³-hybridized carbons (Fsp3) is 0.946. The molecule has 0 aromatic carbocycles. The van der Waals surface area contributed by atoms with Crippen molar-refractivity contribution in [3.63, 3.8) is 0 Å². The minimum atomic E-state index is 0.0555. The van der Waals surface area contributed by atoms with Crippen LogP contribution in [0.25, 0.3) is 0 Å². The molecule has 0 unspecified atom stereocenters. The van der Waals surface area contributed by atoms with Gasteiger partial charge < -0.3 is 24.1 Å². The number of rotatable bonds is 18. The first kappa shape index (κ1) is 34.4. The van der Waals surface area contributed by atoms with Crippen LogP contribution in [0.2, 0.25) is 0 Å². The van der Waals surface area contributed by atoms with E-state index in [9.17, 15) is 0 Å². The minimum Gasteiger partial charge on any atom is -0.394 e. The van der Waals surface area contributed by atoms with Crippen molar-refractivity contribution in [2.24, 2.45) is 52.3 Å². The molecule has 0 aliphatic heterocycles. The molecule has 0 radical (unpaired) electrons. The molecule has 3 fully saturated rings. The van der Waals surface area contributed by atoms with Gasteiger partial charge in [-0.3, -0.25) is 0 Å². The molecule has 4 aliphatic rings. The summed E-state index contributed by atoms with van der Waals surface area (Å²) in [5.41, 5.74) is 2.65. The summed E-state index contributed by atoms with van der Waals surface area (Å²) in [5, 5.41) is 8.70. The summed E-state index contributed by atoms with van der Waals surface area (Å²) in [5.74, 6) is 6.20. The Bertz CT molecular complexity index is 827. The van der Waals surface area contributed by atoms with Gasteiger partial charge in [0.05, 0.1) is 59.0 Å². The third-order valence-corrected chi connectivity index (χ3v) is 12.8. The molecule has 5 nitrogen and oxygen atoms in total. The lowest BCUT2D eigenvalue weighted by Crippen LogP contribution is -2.51. The Labute approximate surface area is 258 Å². The second kappa shape index (κ2) is 16.2. The molecular formula is C37H66O5. The highest BCUT2D eigenvalue weighted by molar-refractivity contribution is 5.25. The van der Waals surface area contributed by atoms with E-state index in [1.54, 1.807) is 5.57 Å². The second-order valence-corrected chi connectivity index (χ2v) is 15.3. The number of aliphatic hydroxyl groups excluding tert-OH is 1. The van der Waals surface area contributed by atoms with Crippen molar-refractivity contribution in [2.45, 2.75) is 118 Å². The molecule has 0 bridgehead atoms. The van der Waals surface area contributed by atoms with Crippen LogP contribution < -0.4 is 0 Å². The predicted molar refractivity (Wildman–Crippen MR) is 171 cm³/mol. The first-order valence-corrected chi connectivity index (χ1v) is 17.9. The molecule has 0 heterocycles. The highest BCUT2D eigenvalue weighted by Gasteiger charge is 2.59. The first-order chi connectivity index (χ1) is 20.2. The standard InChI is InChI=1S/C37H66O5/c1-7-29(27(2)3)9-8-28(4)33-12-13-34-32-11-10-30-26-31(14-16-36(30,5)35(32)15-17-37(33,34)6)42-25-24-41-23-22-40-21-20-39-19-18-38/h10,27-29,31-35,38H,7-9,11-26H2,1-6H3/t28-,29-,31+,32+,33-,34+,35+,36+,37-/m1/s1. The number of ether oxygens (including phenoxy) is 4. The van der Waals surface area contributed by atoms with E-state index in [1.165, 1.54) is 64.2 Å². The van der Waals surface area contributed by atoms with E-state index in [0.717, 1.165) is 47.8 Å². The fourth-order valence-electron chi connectivity index (χ4n) is 10.3. The molecule has 0 aromatic rings. The van der Waals surface area contributed by atoms with Gasteiger partial charge in [0, 0.05) is 0 Å². The Morgan fingerprint density at radius 2 is 1.52 bits per heavy atom. The molecule has 4 aliphatic carbocycles. The van der Waals surface area contributed by atoms with Crippen molar-refractivity contribution < 1.29 is 24.1 Å². The maximum Gasteiger partial charge on any atom is 0.0704 e. The maximum absolute atomic E-state index is 8.70. The normalized spacial score (nSPS) is 35.8. The van der Waals surface area contributed by atoms with Crippen molar-refractivity contribution in [3.05, 3.63) is 11.6 Å². The third kappa shape index (κ3) is 8.03. The Morgan fingerprint density at radius 3 is 2.19 bits per heavy atom. The number of hydrogen-bond donors (Lipinski definition) is 1. The Morgan fingerprint density at radius 1 is 0.833 bits per heavy atom. The van der Waals surface area contributed by atoms with Crippen LogP contribution in [0.5, 0.6) is 0 Å². The molecule has 244 valence electrons. The Balaban J connectivity index is 1.22. The van der Waals surface area contributed by atoms with Crippen LogP contribution in [0.15, 0.2) is 11.6 Å². The maximum atomic E-state index is 8.70. The van der Waals surface area contributed by atoms with Gasteiger partial charge in [-0.15, -0.1) is 0 Å². The van der Waals surface area contributed by atoms with Gasteiger partial charge in [-0.25, -0.2) is 0 Å². The van der Waals surface area contributed by atoms with Gasteiger partial charge in [0.2, 0.25) is 0 Å². The topological polar surface area (TPSA) is 57.2 Å². The number of fused-ring (bicyclic) bond motifs is 5. The van der Waals surface area contributed by atoms with Gasteiger partial charge in [-0.1, -0.05) is 66.0 Å². The van der Waals surface area contributed by atoms with Crippen LogP contribution in [0, 0.1) is 52.3 Å². The average Bonchev–Trinajstić information content (AvgIpc) is 3.33. The van der Waals surface area contributed by atoms with Crippen LogP contribution in [0.4, 0.5) is 0 Å². The molecular weight excluding hydrogens is 524 g/mol. The highest BCUT2D eigenvalue weighted by atomic mass is 16.6. The quantitative estimate of drug-likeness (QED) is 0.129. The molecule has 0 saturated heterocycles. The Hall–Kier alpha value is -0.460. The zero-order valence-electron chi connectivity index (χ0n) is 28.2. The third-order valence-electron chi connectivity index (χ3n) is 12.8. The van der Waals surface area contributed by atoms with E-state index in [-0.39, 0.29) is 6.61 Å². The van der Waals surface area contributed by atoms with Crippen LogP contribution in [0.1, 0.15) is 112 Å².